The van der Waals surface area contributed by atoms with Crippen LogP contribution >= 0.6 is 0 Å². The quantitative estimate of drug-likeness (QED) is 0.553. The van der Waals surface area contributed by atoms with Gasteiger partial charge in [-0.2, -0.15) is 0 Å². The van der Waals surface area contributed by atoms with Crippen LogP contribution in [0.2, 0.25) is 0 Å². The van der Waals surface area contributed by atoms with E-state index in [1.54, 1.807) is 24.3 Å². The van der Waals surface area contributed by atoms with Gasteiger partial charge in [-0.3, -0.25) is 14.4 Å². The van der Waals surface area contributed by atoms with Gasteiger partial charge < -0.3 is 4.74 Å². The van der Waals surface area contributed by atoms with E-state index in [9.17, 15) is 14.4 Å². The lowest BCUT2D eigenvalue weighted by molar-refractivity contribution is -0.141. The van der Waals surface area contributed by atoms with Crippen molar-refractivity contribution in [3.63, 3.8) is 0 Å². The highest BCUT2D eigenvalue weighted by molar-refractivity contribution is 6.27. The molecule has 1 aliphatic rings. The molecule has 0 bridgehead atoms. The lowest BCUT2D eigenvalue weighted by Gasteiger charge is -2.03. The van der Waals surface area contributed by atoms with Gasteiger partial charge >= 0.3 is 5.97 Å². The predicted octanol–water partition coefficient (Wildman–Crippen LogP) is 1.24. The number of methoxy groups -OCH3 is 1. The predicted molar refractivity (Wildman–Crippen MR) is 55.2 cm³/mol. The summed E-state index contributed by atoms with van der Waals surface area (Å²) in [6.07, 6.45) is -0.178. The first kappa shape index (κ1) is 10.5. The molecule has 4 nitrogen and oxygen atoms in total. The summed E-state index contributed by atoms with van der Waals surface area (Å²) < 4.78 is 4.46. The van der Waals surface area contributed by atoms with E-state index in [1.807, 2.05) is 0 Å². The second-order valence-corrected chi connectivity index (χ2v) is 3.61. The molecule has 0 fully saturated rings. The van der Waals surface area contributed by atoms with E-state index in [2.05, 4.69) is 4.74 Å². The molecule has 0 radical (unpaired) electrons. The number of carbonyl (C=O) groups excluding carboxylic acids is 3. The lowest BCUT2D eigenvalue weighted by Crippen LogP contribution is -2.20. The highest BCUT2D eigenvalue weighted by Crippen LogP contribution is 2.28. The minimum atomic E-state index is -0.898. The van der Waals surface area contributed by atoms with Crippen LogP contribution in [0.25, 0.3) is 0 Å². The Balaban J connectivity index is 2.32. The van der Waals surface area contributed by atoms with Crippen LogP contribution in [0.5, 0.6) is 0 Å². The Hall–Kier alpha value is -1.97. The first-order chi connectivity index (χ1) is 7.65. The van der Waals surface area contributed by atoms with E-state index in [4.69, 9.17) is 0 Å². The van der Waals surface area contributed by atoms with Gasteiger partial charge in [-0.05, 0) is 0 Å². The Morgan fingerprint density at radius 3 is 2.12 bits per heavy atom. The molecule has 0 amide bonds. The smallest absolute Gasteiger partial charge is 0.306 e. The number of hydrogen-bond donors (Lipinski definition) is 0. The molecule has 1 aliphatic carbocycles. The van der Waals surface area contributed by atoms with Crippen LogP contribution in [0.4, 0.5) is 0 Å². The third-order valence-corrected chi connectivity index (χ3v) is 2.69. The van der Waals surface area contributed by atoms with Crippen LogP contribution in [0.1, 0.15) is 27.1 Å². The summed E-state index contributed by atoms with van der Waals surface area (Å²) in [5.74, 6) is -2.01. The summed E-state index contributed by atoms with van der Waals surface area (Å²) in [5.41, 5.74) is 0.808. The van der Waals surface area contributed by atoms with Crippen molar-refractivity contribution >= 4 is 17.5 Å². The molecule has 0 spiro atoms. The summed E-state index contributed by atoms with van der Waals surface area (Å²) in [6, 6.07) is 6.61. The number of hydrogen-bond acceptors (Lipinski definition) is 4. The average Bonchev–Trinajstić information content (AvgIpc) is 2.55. The van der Waals surface area contributed by atoms with Gasteiger partial charge in [0.05, 0.1) is 19.4 Å². The molecule has 16 heavy (non-hydrogen) atoms. The number of carbonyl (C=O) groups is 3. The molecule has 0 aromatic heterocycles. The monoisotopic (exact) mass is 218 g/mol. The molecule has 0 unspecified atom stereocenters. The van der Waals surface area contributed by atoms with Crippen molar-refractivity contribution in [1.29, 1.82) is 0 Å². The largest absolute Gasteiger partial charge is 0.469 e. The molecule has 4 heteroatoms. The van der Waals surface area contributed by atoms with Gasteiger partial charge in [0, 0.05) is 11.1 Å². The number of ketones is 2. The Morgan fingerprint density at radius 2 is 1.69 bits per heavy atom. The zero-order valence-electron chi connectivity index (χ0n) is 8.73. The standard InChI is InChI=1S/C12H10O4/c1-16-10(13)6-9-11(14)7-4-2-3-5-8(7)12(9)15/h2-5,9H,6H2,1H3. The summed E-state index contributed by atoms with van der Waals surface area (Å²) in [5, 5.41) is 0. The van der Waals surface area contributed by atoms with E-state index in [0.29, 0.717) is 11.1 Å². The number of Topliss-reactive ketones (excluding diaryl/α,β-unsaturated/α-hetero) is 2. The molecule has 1 aromatic rings. The number of rotatable bonds is 2. The third kappa shape index (κ3) is 1.52. The van der Waals surface area contributed by atoms with Crippen molar-refractivity contribution in [1.82, 2.24) is 0 Å². The Labute approximate surface area is 92.2 Å². The number of benzene rings is 1. The number of fused-ring (bicyclic) bond motifs is 1. The fourth-order valence-corrected chi connectivity index (χ4v) is 1.84. The molecule has 2 rings (SSSR count). The molecule has 1 aromatic carbocycles. The van der Waals surface area contributed by atoms with Crippen LogP contribution in [-0.2, 0) is 9.53 Å². The molecule has 0 heterocycles. The first-order valence-corrected chi connectivity index (χ1v) is 4.89. The summed E-state index contributed by atoms with van der Waals surface area (Å²) in [4.78, 5) is 34.7. The van der Waals surface area contributed by atoms with Crippen LogP contribution in [0, 0.1) is 5.92 Å². The fraction of sp³-hybridized carbons (Fsp3) is 0.250. The molecule has 0 saturated carbocycles. The van der Waals surface area contributed by atoms with Gasteiger partial charge in [-0.25, -0.2) is 0 Å². The van der Waals surface area contributed by atoms with Gasteiger partial charge in [-0.15, -0.1) is 0 Å². The zero-order chi connectivity index (χ0) is 11.7. The van der Waals surface area contributed by atoms with Gasteiger partial charge in [-0.1, -0.05) is 24.3 Å². The molecular weight excluding hydrogens is 208 g/mol. The van der Waals surface area contributed by atoms with Crippen molar-refractivity contribution in [2.24, 2.45) is 5.92 Å². The van der Waals surface area contributed by atoms with E-state index in [1.165, 1.54) is 7.11 Å². The topological polar surface area (TPSA) is 60.4 Å². The SMILES string of the molecule is COC(=O)CC1C(=O)c2ccccc2C1=O. The van der Waals surface area contributed by atoms with Crippen LogP contribution in [-0.4, -0.2) is 24.6 Å². The Kier molecular flexibility index (Phi) is 2.56. The molecular formula is C12H10O4. The third-order valence-electron chi connectivity index (χ3n) is 2.69. The zero-order valence-corrected chi connectivity index (χ0v) is 8.73. The van der Waals surface area contributed by atoms with E-state index < -0.39 is 11.9 Å². The maximum Gasteiger partial charge on any atom is 0.306 e. The van der Waals surface area contributed by atoms with E-state index in [-0.39, 0.29) is 18.0 Å². The van der Waals surface area contributed by atoms with Crippen molar-refractivity contribution < 1.29 is 19.1 Å². The maximum absolute atomic E-state index is 11.8. The maximum atomic E-state index is 11.8. The van der Waals surface area contributed by atoms with Crippen molar-refractivity contribution in [3.05, 3.63) is 35.4 Å². The number of ether oxygens (including phenoxy) is 1. The van der Waals surface area contributed by atoms with Crippen molar-refractivity contribution in [2.45, 2.75) is 6.42 Å². The molecule has 0 aliphatic heterocycles. The van der Waals surface area contributed by atoms with Crippen LogP contribution in [0.3, 0.4) is 0 Å². The van der Waals surface area contributed by atoms with Gasteiger partial charge in [0.2, 0.25) is 0 Å². The van der Waals surface area contributed by atoms with Crippen molar-refractivity contribution in [2.75, 3.05) is 7.11 Å². The van der Waals surface area contributed by atoms with Gasteiger partial charge in [0.1, 0.15) is 0 Å². The van der Waals surface area contributed by atoms with Gasteiger partial charge in [0.15, 0.2) is 11.6 Å². The normalized spacial score (nSPS) is 15.1. The molecule has 0 N–H and O–H groups in total. The summed E-state index contributed by atoms with van der Waals surface area (Å²) >= 11 is 0. The average molecular weight is 218 g/mol. The highest BCUT2D eigenvalue weighted by atomic mass is 16.5. The first-order valence-electron chi connectivity index (χ1n) is 4.89. The molecule has 0 saturated heterocycles. The van der Waals surface area contributed by atoms with E-state index >= 15 is 0 Å². The van der Waals surface area contributed by atoms with Crippen LogP contribution in [0.15, 0.2) is 24.3 Å². The lowest BCUT2D eigenvalue weighted by atomic mass is 10.0. The molecule has 0 atom stereocenters. The highest BCUT2D eigenvalue weighted by Gasteiger charge is 2.39. The summed E-state index contributed by atoms with van der Waals surface area (Å²) in [6.45, 7) is 0. The van der Waals surface area contributed by atoms with Crippen LogP contribution < -0.4 is 0 Å². The van der Waals surface area contributed by atoms with E-state index in [0.717, 1.165) is 0 Å². The Morgan fingerprint density at radius 1 is 1.19 bits per heavy atom. The second kappa shape index (κ2) is 3.89. The number of esters is 1. The second-order valence-electron chi connectivity index (χ2n) is 3.61. The minimum Gasteiger partial charge on any atom is -0.469 e. The summed E-state index contributed by atoms with van der Waals surface area (Å²) in [7, 11) is 1.24. The Bertz CT molecular complexity index is 441. The van der Waals surface area contributed by atoms with Crippen molar-refractivity contribution in [3.8, 4) is 0 Å². The fourth-order valence-electron chi connectivity index (χ4n) is 1.84. The minimum absolute atomic E-state index is 0.178. The van der Waals surface area contributed by atoms with Gasteiger partial charge in [0.25, 0.3) is 0 Å². The molecule has 82 valence electrons.